The van der Waals surface area contributed by atoms with Crippen molar-refractivity contribution in [3.8, 4) is 5.75 Å². The van der Waals surface area contributed by atoms with E-state index in [9.17, 15) is 0 Å². The highest BCUT2D eigenvalue weighted by Crippen LogP contribution is 2.18. The Morgan fingerprint density at radius 1 is 1.22 bits per heavy atom. The van der Waals surface area contributed by atoms with Crippen molar-refractivity contribution in [3.63, 3.8) is 0 Å². The minimum absolute atomic E-state index is 0.548. The van der Waals surface area contributed by atoms with Gasteiger partial charge >= 0.3 is 0 Å². The molecule has 0 aliphatic rings. The first-order valence-electron chi connectivity index (χ1n) is 5.51. The molecule has 0 saturated carbocycles. The Bertz CT molecular complexity index is 532. The maximum atomic E-state index is 5.84. The zero-order chi connectivity index (χ0) is 13.1. The Morgan fingerprint density at radius 3 is 2.44 bits per heavy atom. The number of aromatic nitrogens is 2. The first kappa shape index (κ1) is 13.1. The van der Waals surface area contributed by atoms with E-state index in [0.29, 0.717) is 12.2 Å². The minimum atomic E-state index is 0.548. The Hall–Kier alpha value is -1.37. The van der Waals surface area contributed by atoms with Gasteiger partial charge in [-0.3, -0.25) is 0 Å². The molecule has 0 aliphatic heterocycles. The van der Waals surface area contributed by atoms with Crippen LogP contribution in [0.25, 0.3) is 0 Å². The van der Waals surface area contributed by atoms with Gasteiger partial charge in [0.25, 0.3) is 0 Å². The third-order valence-electron chi connectivity index (χ3n) is 2.61. The number of nitrogens with two attached hydrogens (primary N) is 1. The molecule has 1 heterocycles. The number of aryl methyl sites for hydroxylation is 1. The maximum Gasteiger partial charge on any atom is 0.140 e. The van der Waals surface area contributed by atoms with Crippen LogP contribution in [0.1, 0.15) is 17.1 Å². The second-order valence-electron chi connectivity index (χ2n) is 3.95. The van der Waals surface area contributed by atoms with Gasteiger partial charge in [0.2, 0.25) is 0 Å². The molecule has 2 rings (SSSR count). The van der Waals surface area contributed by atoms with Gasteiger partial charge in [-0.25, -0.2) is 9.97 Å². The number of hydrogen-bond acceptors (Lipinski definition) is 4. The second-order valence-corrected chi connectivity index (χ2v) is 5.03. The summed E-state index contributed by atoms with van der Waals surface area (Å²) < 4.78 is 6.04. The fraction of sp³-hybridized carbons (Fsp3) is 0.231. The first-order valence-corrected chi connectivity index (χ1v) is 6.59. The molecule has 2 N–H and O–H groups in total. The van der Waals surface area contributed by atoms with Crippen LogP contribution in [0.3, 0.4) is 0 Å². The molecule has 0 spiro atoms. The molecule has 2 aromatic rings. The van der Waals surface area contributed by atoms with Gasteiger partial charge in [0.1, 0.15) is 17.4 Å². The van der Waals surface area contributed by atoms with E-state index in [4.69, 9.17) is 10.5 Å². The van der Waals surface area contributed by atoms with E-state index in [0.717, 1.165) is 26.4 Å². The van der Waals surface area contributed by atoms with E-state index in [2.05, 4.69) is 32.6 Å². The quantitative estimate of drug-likeness (QED) is 0.860. The van der Waals surface area contributed by atoms with Crippen molar-refractivity contribution in [2.24, 2.45) is 0 Å². The van der Waals surface area contributed by atoms with Crippen LogP contribution in [-0.2, 0) is 6.42 Å². The van der Waals surface area contributed by atoms with Crippen molar-refractivity contribution in [1.82, 2.24) is 9.97 Å². The molecular formula is C13H14IN3O. The average molecular weight is 355 g/mol. The molecular weight excluding hydrogens is 341 g/mol. The van der Waals surface area contributed by atoms with Gasteiger partial charge in [-0.1, -0.05) is 12.1 Å². The first-order chi connectivity index (χ1) is 8.60. The summed E-state index contributed by atoms with van der Waals surface area (Å²) in [7, 11) is 1.65. The molecule has 0 amide bonds. The predicted molar refractivity (Wildman–Crippen MR) is 79.7 cm³/mol. The molecule has 0 radical (unpaired) electrons. The molecule has 0 aliphatic carbocycles. The van der Waals surface area contributed by atoms with Gasteiger partial charge in [-0.2, -0.15) is 0 Å². The number of nitrogen functional groups attached to an aromatic ring is 1. The molecule has 0 atom stereocenters. The topological polar surface area (TPSA) is 61.0 Å². The van der Waals surface area contributed by atoms with Gasteiger partial charge in [-0.05, 0) is 47.2 Å². The number of anilines is 1. The Kier molecular flexibility index (Phi) is 4.00. The van der Waals surface area contributed by atoms with E-state index in [-0.39, 0.29) is 0 Å². The number of methoxy groups -OCH3 is 1. The lowest BCUT2D eigenvalue weighted by atomic mass is 10.1. The van der Waals surface area contributed by atoms with Gasteiger partial charge in [-0.15, -0.1) is 0 Å². The third kappa shape index (κ3) is 2.90. The number of halogens is 1. The number of rotatable bonds is 3. The Balaban J connectivity index is 2.23. The van der Waals surface area contributed by atoms with E-state index < -0.39 is 0 Å². The van der Waals surface area contributed by atoms with E-state index in [1.165, 1.54) is 0 Å². The van der Waals surface area contributed by atoms with Crippen molar-refractivity contribution in [2.45, 2.75) is 13.3 Å². The highest BCUT2D eigenvalue weighted by atomic mass is 127. The zero-order valence-corrected chi connectivity index (χ0v) is 12.4. The fourth-order valence-corrected chi connectivity index (χ4v) is 1.89. The third-order valence-corrected chi connectivity index (χ3v) is 3.94. The zero-order valence-electron chi connectivity index (χ0n) is 10.3. The normalized spacial score (nSPS) is 10.4. The average Bonchev–Trinajstić information content (AvgIpc) is 2.37. The van der Waals surface area contributed by atoms with Crippen LogP contribution in [0.2, 0.25) is 0 Å². The predicted octanol–water partition coefficient (Wildman–Crippen LogP) is 2.57. The Morgan fingerprint density at radius 2 is 1.89 bits per heavy atom. The lowest BCUT2D eigenvalue weighted by Gasteiger charge is -2.06. The van der Waals surface area contributed by atoms with Crippen molar-refractivity contribution in [1.29, 1.82) is 0 Å². The molecule has 94 valence electrons. The molecule has 18 heavy (non-hydrogen) atoms. The summed E-state index contributed by atoms with van der Waals surface area (Å²) >= 11 is 2.16. The van der Waals surface area contributed by atoms with Crippen LogP contribution in [0, 0.1) is 10.5 Å². The van der Waals surface area contributed by atoms with Crippen LogP contribution in [0.4, 0.5) is 5.82 Å². The highest BCUT2D eigenvalue weighted by Gasteiger charge is 2.07. The van der Waals surface area contributed by atoms with E-state index in [1.807, 2.05) is 31.2 Å². The summed E-state index contributed by atoms with van der Waals surface area (Å²) in [5.74, 6) is 2.14. The van der Waals surface area contributed by atoms with E-state index in [1.54, 1.807) is 7.11 Å². The largest absolute Gasteiger partial charge is 0.497 e. The van der Waals surface area contributed by atoms with Gasteiger partial charge in [0.05, 0.1) is 16.4 Å². The highest BCUT2D eigenvalue weighted by molar-refractivity contribution is 14.1. The van der Waals surface area contributed by atoms with Crippen molar-refractivity contribution < 1.29 is 4.74 Å². The summed E-state index contributed by atoms with van der Waals surface area (Å²) in [6.45, 7) is 1.94. The number of hydrogen-bond donors (Lipinski definition) is 1. The van der Waals surface area contributed by atoms with Gasteiger partial charge in [0.15, 0.2) is 0 Å². The van der Waals surface area contributed by atoms with Crippen molar-refractivity contribution in [2.75, 3.05) is 12.8 Å². The van der Waals surface area contributed by atoms with Crippen LogP contribution in [0.15, 0.2) is 24.3 Å². The molecule has 0 unspecified atom stereocenters. The van der Waals surface area contributed by atoms with Crippen LogP contribution < -0.4 is 10.5 Å². The van der Waals surface area contributed by atoms with Crippen LogP contribution in [0.5, 0.6) is 5.75 Å². The van der Waals surface area contributed by atoms with Gasteiger partial charge in [0, 0.05) is 6.42 Å². The lowest BCUT2D eigenvalue weighted by Crippen LogP contribution is -2.05. The number of nitrogens with zero attached hydrogens (tertiary/aromatic N) is 2. The van der Waals surface area contributed by atoms with Crippen molar-refractivity contribution in [3.05, 3.63) is 44.9 Å². The monoisotopic (exact) mass is 355 g/mol. The lowest BCUT2D eigenvalue weighted by molar-refractivity contribution is 0.414. The summed E-state index contributed by atoms with van der Waals surface area (Å²) in [5, 5.41) is 0. The molecule has 1 aromatic carbocycles. The minimum Gasteiger partial charge on any atom is -0.497 e. The standard InChI is InChI=1S/C13H14IN3O/c1-8-12(14)13(15)17-11(16-8)7-9-3-5-10(18-2)6-4-9/h3-6H,7H2,1-2H3,(H2,15,16,17). The smallest absolute Gasteiger partial charge is 0.140 e. The Labute approximate surface area is 120 Å². The molecule has 4 nitrogen and oxygen atoms in total. The summed E-state index contributed by atoms with van der Waals surface area (Å²) in [6, 6.07) is 7.87. The molecule has 5 heteroatoms. The molecule has 0 fully saturated rings. The second kappa shape index (κ2) is 5.51. The maximum absolute atomic E-state index is 5.84. The van der Waals surface area contributed by atoms with Crippen LogP contribution in [-0.4, -0.2) is 17.1 Å². The molecule has 0 saturated heterocycles. The fourth-order valence-electron chi connectivity index (χ4n) is 1.65. The van der Waals surface area contributed by atoms with Gasteiger partial charge < -0.3 is 10.5 Å². The summed E-state index contributed by atoms with van der Waals surface area (Å²) in [6.07, 6.45) is 0.673. The molecule has 1 aromatic heterocycles. The summed E-state index contributed by atoms with van der Waals surface area (Å²) in [4.78, 5) is 8.74. The SMILES string of the molecule is COc1ccc(Cc2nc(C)c(I)c(N)n2)cc1. The van der Waals surface area contributed by atoms with Crippen molar-refractivity contribution >= 4 is 28.4 Å². The van der Waals surface area contributed by atoms with Crippen LogP contribution >= 0.6 is 22.6 Å². The number of benzene rings is 1. The van der Waals surface area contributed by atoms with E-state index >= 15 is 0 Å². The summed E-state index contributed by atoms with van der Waals surface area (Å²) in [5.41, 5.74) is 7.90. The molecule has 0 bridgehead atoms. The number of ether oxygens (including phenoxy) is 1.